The number of rotatable bonds is 3. The van der Waals surface area contributed by atoms with E-state index >= 15 is 0 Å². The van der Waals surface area contributed by atoms with Gasteiger partial charge in [0.15, 0.2) is 0 Å². The number of hydrogen-bond acceptors (Lipinski definition) is 2. The van der Waals surface area contributed by atoms with Gasteiger partial charge >= 0.3 is 0 Å². The standard InChI is InChI=1S/C14H22N2OS/c1-9(2)8-16-11(14(3,4)5)7-6-10(12(15)18)13(16)17/h6-7,9H,8H2,1-5H3,(H2,15,18). The molecule has 1 aromatic heterocycles. The van der Waals surface area contributed by atoms with Gasteiger partial charge in [0.1, 0.15) is 4.99 Å². The minimum Gasteiger partial charge on any atom is -0.389 e. The molecule has 18 heavy (non-hydrogen) atoms. The van der Waals surface area contributed by atoms with E-state index in [1.165, 1.54) is 0 Å². The van der Waals surface area contributed by atoms with Crippen LogP contribution in [-0.2, 0) is 12.0 Å². The number of hydrogen-bond donors (Lipinski definition) is 1. The molecule has 0 fully saturated rings. The highest BCUT2D eigenvalue weighted by atomic mass is 32.1. The van der Waals surface area contributed by atoms with Crippen molar-refractivity contribution in [2.24, 2.45) is 11.7 Å². The van der Waals surface area contributed by atoms with Gasteiger partial charge in [0.25, 0.3) is 5.56 Å². The largest absolute Gasteiger partial charge is 0.389 e. The van der Waals surface area contributed by atoms with Gasteiger partial charge in [0, 0.05) is 17.7 Å². The molecule has 0 unspecified atom stereocenters. The van der Waals surface area contributed by atoms with Crippen molar-refractivity contribution in [3.8, 4) is 0 Å². The number of nitrogens with two attached hydrogens (primary N) is 1. The highest BCUT2D eigenvalue weighted by molar-refractivity contribution is 7.80. The highest BCUT2D eigenvalue weighted by Gasteiger charge is 2.21. The second kappa shape index (κ2) is 5.22. The van der Waals surface area contributed by atoms with Crippen LogP contribution in [0, 0.1) is 5.92 Å². The van der Waals surface area contributed by atoms with Crippen molar-refractivity contribution in [3.63, 3.8) is 0 Å². The summed E-state index contributed by atoms with van der Waals surface area (Å²) in [6, 6.07) is 3.69. The summed E-state index contributed by atoms with van der Waals surface area (Å²) in [5.74, 6) is 0.394. The lowest BCUT2D eigenvalue weighted by Gasteiger charge is -2.25. The van der Waals surface area contributed by atoms with Crippen molar-refractivity contribution in [1.82, 2.24) is 4.57 Å². The number of nitrogens with zero attached hydrogens (tertiary/aromatic N) is 1. The summed E-state index contributed by atoms with van der Waals surface area (Å²) in [5, 5.41) is 0. The first kappa shape index (κ1) is 14.9. The average Bonchev–Trinajstić information content (AvgIpc) is 2.17. The third kappa shape index (κ3) is 3.19. The SMILES string of the molecule is CC(C)Cn1c(C(C)(C)C)ccc(C(N)=S)c1=O. The van der Waals surface area contributed by atoms with Crippen molar-refractivity contribution < 1.29 is 0 Å². The van der Waals surface area contributed by atoms with Gasteiger partial charge in [0.2, 0.25) is 0 Å². The Morgan fingerprint density at radius 3 is 2.33 bits per heavy atom. The van der Waals surface area contributed by atoms with Crippen LogP contribution in [0.5, 0.6) is 0 Å². The molecule has 0 bridgehead atoms. The molecule has 0 atom stereocenters. The second-order valence-electron chi connectivity index (χ2n) is 6.06. The minimum atomic E-state index is -0.0806. The molecule has 0 saturated heterocycles. The lowest BCUT2D eigenvalue weighted by atomic mass is 9.90. The Labute approximate surface area is 114 Å². The molecule has 1 rings (SSSR count). The molecular weight excluding hydrogens is 244 g/mol. The van der Waals surface area contributed by atoms with E-state index in [4.69, 9.17) is 18.0 Å². The van der Waals surface area contributed by atoms with Gasteiger partial charge in [0.05, 0.1) is 5.56 Å². The molecule has 0 saturated carbocycles. The molecule has 2 N–H and O–H groups in total. The predicted molar refractivity (Wildman–Crippen MR) is 80.1 cm³/mol. The monoisotopic (exact) mass is 266 g/mol. The van der Waals surface area contributed by atoms with Crippen molar-refractivity contribution in [3.05, 3.63) is 33.7 Å². The first-order valence-electron chi connectivity index (χ1n) is 6.18. The molecule has 0 radical (unpaired) electrons. The Balaban J connectivity index is 3.52. The summed E-state index contributed by atoms with van der Waals surface area (Å²) in [6.45, 7) is 11.2. The topological polar surface area (TPSA) is 48.0 Å². The first-order valence-corrected chi connectivity index (χ1v) is 6.59. The molecule has 100 valence electrons. The maximum atomic E-state index is 12.4. The van der Waals surface area contributed by atoms with Crippen LogP contribution >= 0.6 is 12.2 Å². The third-order valence-corrected chi connectivity index (χ3v) is 2.98. The Kier molecular flexibility index (Phi) is 4.32. The number of pyridine rings is 1. The van der Waals surface area contributed by atoms with Gasteiger partial charge in [-0.25, -0.2) is 0 Å². The van der Waals surface area contributed by atoms with Crippen molar-refractivity contribution in [1.29, 1.82) is 0 Å². The van der Waals surface area contributed by atoms with Crippen molar-refractivity contribution >= 4 is 17.2 Å². The van der Waals surface area contributed by atoms with Crippen LogP contribution in [0.4, 0.5) is 0 Å². The van der Waals surface area contributed by atoms with Crippen LogP contribution in [0.2, 0.25) is 0 Å². The van der Waals surface area contributed by atoms with Gasteiger partial charge in [-0.15, -0.1) is 0 Å². The van der Waals surface area contributed by atoms with E-state index in [1.807, 2.05) is 6.07 Å². The Bertz CT molecular complexity index is 510. The van der Waals surface area contributed by atoms with Crippen LogP contribution in [-0.4, -0.2) is 9.56 Å². The van der Waals surface area contributed by atoms with E-state index in [9.17, 15) is 4.79 Å². The molecule has 0 aliphatic rings. The van der Waals surface area contributed by atoms with Gasteiger partial charge in [-0.3, -0.25) is 4.79 Å². The van der Waals surface area contributed by atoms with Crippen LogP contribution in [0.25, 0.3) is 0 Å². The zero-order valence-electron chi connectivity index (χ0n) is 11.8. The van der Waals surface area contributed by atoms with E-state index in [2.05, 4.69) is 34.6 Å². The van der Waals surface area contributed by atoms with Gasteiger partial charge < -0.3 is 10.3 Å². The van der Waals surface area contributed by atoms with Crippen molar-refractivity contribution in [2.45, 2.75) is 46.6 Å². The van der Waals surface area contributed by atoms with Gasteiger partial charge in [-0.1, -0.05) is 46.8 Å². The quantitative estimate of drug-likeness (QED) is 0.855. The molecule has 4 heteroatoms. The second-order valence-corrected chi connectivity index (χ2v) is 6.50. The average molecular weight is 266 g/mol. The Morgan fingerprint density at radius 1 is 1.39 bits per heavy atom. The van der Waals surface area contributed by atoms with Gasteiger partial charge in [-0.05, 0) is 18.1 Å². The molecule has 1 aromatic rings. The Morgan fingerprint density at radius 2 is 1.94 bits per heavy atom. The lowest BCUT2D eigenvalue weighted by Crippen LogP contribution is -2.35. The highest BCUT2D eigenvalue weighted by Crippen LogP contribution is 2.21. The summed E-state index contributed by atoms with van der Waals surface area (Å²) in [6.07, 6.45) is 0. The fourth-order valence-electron chi connectivity index (χ4n) is 1.97. The molecule has 1 heterocycles. The molecule has 3 nitrogen and oxygen atoms in total. The normalized spacial score (nSPS) is 11.9. The molecule has 0 aliphatic heterocycles. The molecule has 0 amide bonds. The molecule has 0 aliphatic carbocycles. The minimum absolute atomic E-state index is 0.0800. The molecule has 0 spiro atoms. The first-order chi connectivity index (χ1) is 8.14. The van der Waals surface area contributed by atoms with Gasteiger partial charge in [-0.2, -0.15) is 0 Å². The van der Waals surface area contributed by atoms with Crippen molar-refractivity contribution in [2.75, 3.05) is 0 Å². The van der Waals surface area contributed by atoms with E-state index in [-0.39, 0.29) is 16.0 Å². The Hall–Kier alpha value is -1.16. The van der Waals surface area contributed by atoms with Crippen LogP contribution in [0.3, 0.4) is 0 Å². The fourth-order valence-corrected chi connectivity index (χ4v) is 2.12. The predicted octanol–water partition coefficient (Wildman–Crippen LogP) is 2.44. The number of thiocarbonyl (C=S) groups is 1. The summed E-state index contributed by atoms with van der Waals surface area (Å²) >= 11 is 4.92. The van der Waals surface area contributed by atoms with Crippen LogP contribution in [0.15, 0.2) is 16.9 Å². The van der Waals surface area contributed by atoms with Crippen LogP contribution in [0.1, 0.15) is 45.9 Å². The number of aromatic nitrogens is 1. The zero-order chi connectivity index (χ0) is 14.1. The van der Waals surface area contributed by atoms with E-state index in [1.54, 1.807) is 10.6 Å². The summed E-state index contributed by atoms with van der Waals surface area (Å²) < 4.78 is 1.80. The van der Waals surface area contributed by atoms with Crippen LogP contribution < -0.4 is 11.3 Å². The smallest absolute Gasteiger partial charge is 0.261 e. The van der Waals surface area contributed by atoms with E-state index in [0.29, 0.717) is 18.0 Å². The lowest BCUT2D eigenvalue weighted by molar-refractivity contribution is 0.447. The molecule has 0 aromatic carbocycles. The summed E-state index contributed by atoms with van der Waals surface area (Å²) in [7, 11) is 0. The van der Waals surface area contributed by atoms with E-state index < -0.39 is 0 Å². The summed E-state index contributed by atoms with van der Waals surface area (Å²) in [4.78, 5) is 12.6. The summed E-state index contributed by atoms with van der Waals surface area (Å²) in [5.41, 5.74) is 6.88. The maximum Gasteiger partial charge on any atom is 0.261 e. The fraction of sp³-hybridized carbons (Fsp3) is 0.571. The maximum absolute atomic E-state index is 12.4. The third-order valence-electron chi connectivity index (χ3n) is 2.76. The molecular formula is C14H22N2OS. The zero-order valence-corrected chi connectivity index (χ0v) is 12.6. The van der Waals surface area contributed by atoms with E-state index in [0.717, 1.165) is 5.69 Å².